The minimum atomic E-state index is -0.798. The Morgan fingerprint density at radius 2 is 1.68 bits per heavy atom. The SMILES string of the molecule is CC(C(=O)NC(C)(C)C)N(Cc1ccc(F)cc1)C(=O)CN1C(=O)c2cccc3cccc1c23. The van der Waals surface area contributed by atoms with Gasteiger partial charge >= 0.3 is 0 Å². The van der Waals surface area contributed by atoms with Crippen LogP contribution in [0.3, 0.4) is 0 Å². The van der Waals surface area contributed by atoms with Crippen LogP contribution in [-0.4, -0.2) is 40.7 Å². The topological polar surface area (TPSA) is 69.7 Å². The zero-order chi connectivity index (χ0) is 24.6. The number of benzene rings is 3. The highest BCUT2D eigenvalue weighted by Gasteiger charge is 2.34. The van der Waals surface area contributed by atoms with Crippen LogP contribution >= 0.6 is 0 Å². The van der Waals surface area contributed by atoms with Gasteiger partial charge in [-0.3, -0.25) is 19.3 Å². The van der Waals surface area contributed by atoms with E-state index in [2.05, 4.69) is 5.32 Å². The minimum Gasteiger partial charge on any atom is -0.350 e. The molecule has 1 atom stereocenters. The molecule has 0 aromatic heterocycles. The van der Waals surface area contributed by atoms with E-state index in [0.29, 0.717) is 16.8 Å². The molecule has 0 saturated heterocycles. The summed E-state index contributed by atoms with van der Waals surface area (Å²) in [6, 6.07) is 16.1. The molecule has 1 N–H and O–H groups in total. The molecule has 1 aliphatic rings. The van der Waals surface area contributed by atoms with Crippen molar-refractivity contribution in [1.29, 1.82) is 0 Å². The average Bonchev–Trinajstić information content (AvgIpc) is 3.05. The second kappa shape index (κ2) is 8.89. The third kappa shape index (κ3) is 4.64. The first-order valence-corrected chi connectivity index (χ1v) is 11.2. The zero-order valence-electron chi connectivity index (χ0n) is 19.8. The number of rotatable bonds is 6. The lowest BCUT2D eigenvalue weighted by atomic mass is 10.1. The molecule has 0 aliphatic carbocycles. The standard InChI is InChI=1S/C27H28FN3O3/c1-17(25(33)29-27(2,3)4)30(15-18-11-13-20(28)14-12-18)23(32)16-31-22-10-6-8-19-7-5-9-21(24(19)22)26(31)34/h5-14,17H,15-16H2,1-4H3,(H,29,33). The lowest BCUT2D eigenvalue weighted by molar-refractivity contribution is -0.140. The molecule has 7 heteroatoms. The van der Waals surface area contributed by atoms with Crippen molar-refractivity contribution >= 4 is 34.2 Å². The van der Waals surface area contributed by atoms with Gasteiger partial charge in [0, 0.05) is 23.0 Å². The Hall–Kier alpha value is -3.74. The van der Waals surface area contributed by atoms with Gasteiger partial charge in [-0.2, -0.15) is 0 Å². The smallest absolute Gasteiger partial charge is 0.259 e. The van der Waals surface area contributed by atoms with Gasteiger partial charge in [0.25, 0.3) is 5.91 Å². The Bertz CT molecular complexity index is 1260. The molecule has 0 saturated carbocycles. The van der Waals surface area contributed by atoms with Crippen LogP contribution in [0, 0.1) is 5.82 Å². The summed E-state index contributed by atoms with van der Waals surface area (Å²) in [6.07, 6.45) is 0. The number of anilines is 1. The maximum absolute atomic E-state index is 13.6. The van der Waals surface area contributed by atoms with Crippen LogP contribution in [0.1, 0.15) is 43.6 Å². The van der Waals surface area contributed by atoms with Crippen molar-refractivity contribution < 1.29 is 18.8 Å². The lowest BCUT2D eigenvalue weighted by Gasteiger charge is -2.32. The van der Waals surface area contributed by atoms with Crippen LogP contribution in [0.5, 0.6) is 0 Å². The molecule has 0 radical (unpaired) electrons. The van der Waals surface area contributed by atoms with E-state index >= 15 is 0 Å². The maximum atomic E-state index is 13.6. The van der Waals surface area contributed by atoms with Crippen molar-refractivity contribution in [2.75, 3.05) is 11.4 Å². The number of nitrogens with zero attached hydrogens (tertiary/aromatic N) is 2. The summed E-state index contributed by atoms with van der Waals surface area (Å²) in [5, 5.41) is 4.66. The van der Waals surface area contributed by atoms with Gasteiger partial charge in [0.1, 0.15) is 18.4 Å². The first-order valence-electron chi connectivity index (χ1n) is 11.2. The summed E-state index contributed by atoms with van der Waals surface area (Å²) in [5.74, 6) is -1.30. The van der Waals surface area contributed by atoms with Crippen molar-refractivity contribution in [3.63, 3.8) is 0 Å². The minimum absolute atomic E-state index is 0.108. The average molecular weight is 462 g/mol. The molecule has 176 valence electrons. The number of carbonyl (C=O) groups excluding carboxylic acids is 3. The van der Waals surface area contributed by atoms with E-state index in [4.69, 9.17) is 0 Å². The Morgan fingerprint density at radius 1 is 1.03 bits per heavy atom. The predicted molar refractivity (Wildman–Crippen MR) is 130 cm³/mol. The second-order valence-electron chi connectivity index (χ2n) is 9.64. The Kier molecular flexibility index (Phi) is 6.13. The van der Waals surface area contributed by atoms with E-state index in [0.717, 1.165) is 10.8 Å². The van der Waals surface area contributed by atoms with Crippen LogP contribution in [0.15, 0.2) is 60.7 Å². The fourth-order valence-electron chi connectivity index (χ4n) is 4.21. The van der Waals surface area contributed by atoms with E-state index in [9.17, 15) is 18.8 Å². The van der Waals surface area contributed by atoms with Crippen LogP contribution in [0.2, 0.25) is 0 Å². The number of nitrogens with one attached hydrogen (secondary N) is 1. The summed E-state index contributed by atoms with van der Waals surface area (Å²) < 4.78 is 13.4. The quantitative estimate of drug-likeness (QED) is 0.596. The molecule has 0 spiro atoms. The normalized spacial score (nSPS) is 13.8. The van der Waals surface area contributed by atoms with Gasteiger partial charge < -0.3 is 10.2 Å². The van der Waals surface area contributed by atoms with E-state index < -0.39 is 11.6 Å². The summed E-state index contributed by atoms with van der Waals surface area (Å²) >= 11 is 0. The van der Waals surface area contributed by atoms with Crippen LogP contribution in [0.4, 0.5) is 10.1 Å². The Balaban J connectivity index is 1.63. The Morgan fingerprint density at radius 3 is 2.32 bits per heavy atom. The third-order valence-corrected chi connectivity index (χ3v) is 5.87. The van der Waals surface area contributed by atoms with Gasteiger partial charge in [-0.15, -0.1) is 0 Å². The fraction of sp³-hybridized carbons (Fsp3) is 0.296. The summed E-state index contributed by atoms with van der Waals surface area (Å²) in [7, 11) is 0. The van der Waals surface area contributed by atoms with Gasteiger partial charge in [-0.05, 0) is 62.9 Å². The van der Waals surface area contributed by atoms with Gasteiger partial charge in [0.2, 0.25) is 11.8 Å². The monoisotopic (exact) mass is 461 g/mol. The molecule has 3 aromatic carbocycles. The molecule has 0 fully saturated rings. The molecule has 1 unspecified atom stereocenters. The number of carbonyl (C=O) groups is 3. The van der Waals surface area contributed by atoms with Gasteiger partial charge in [-0.25, -0.2) is 4.39 Å². The summed E-state index contributed by atoms with van der Waals surface area (Å²) in [4.78, 5) is 42.6. The largest absolute Gasteiger partial charge is 0.350 e. The van der Waals surface area contributed by atoms with Crippen molar-refractivity contribution in [1.82, 2.24) is 10.2 Å². The van der Waals surface area contributed by atoms with Crippen LogP contribution in [-0.2, 0) is 16.1 Å². The van der Waals surface area contributed by atoms with Crippen LogP contribution < -0.4 is 10.2 Å². The Labute approximate surface area is 198 Å². The number of halogens is 1. The molecule has 1 heterocycles. The highest BCUT2D eigenvalue weighted by Crippen LogP contribution is 2.37. The first kappa shape index (κ1) is 23.4. The highest BCUT2D eigenvalue weighted by atomic mass is 19.1. The van der Waals surface area contributed by atoms with E-state index in [1.807, 2.05) is 51.1 Å². The fourth-order valence-corrected chi connectivity index (χ4v) is 4.21. The molecule has 3 aromatic rings. The first-order chi connectivity index (χ1) is 16.0. The maximum Gasteiger partial charge on any atom is 0.259 e. The van der Waals surface area contributed by atoms with Gasteiger partial charge in [0.05, 0.1) is 5.69 Å². The molecule has 6 nitrogen and oxygen atoms in total. The van der Waals surface area contributed by atoms with Crippen LogP contribution in [0.25, 0.3) is 10.8 Å². The van der Waals surface area contributed by atoms with Crippen molar-refractivity contribution in [2.45, 2.75) is 45.8 Å². The van der Waals surface area contributed by atoms with Gasteiger partial charge in [-0.1, -0.05) is 36.4 Å². The van der Waals surface area contributed by atoms with Crippen molar-refractivity contribution in [3.8, 4) is 0 Å². The third-order valence-electron chi connectivity index (χ3n) is 5.87. The summed E-state index contributed by atoms with van der Waals surface area (Å²) in [5.41, 5.74) is 1.45. The molecule has 0 bridgehead atoms. The lowest BCUT2D eigenvalue weighted by Crippen LogP contribution is -2.54. The molecule has 3 amide bonds. The molecule has 4 rings (SSSR count). The number of hydrogen-bond acceptors (Lipinski definition) is 3. The molecule has 1 aliphatic heterocycles. The predicted octanol–water partition coefficient (Wildman–Crippen LogP) is 4.27. The second-order valence-corrected chi connectivity index (χ2v) is 9.64. The number of amides is 3. The highest BCUT2D eigenvalue weighted by molar-refractivity contribution is 6.26. The van der Waals surface area contributed by atoms with Crippen molar-refractivity contribution in [3.05, 3.63) is 77.6 Å². The van der Waals surface area contributed by atoms with E-state index in [1.165, 1.54) is 21.9 Å². The molecular formula is C27H28FN3O3. The van der Waals surface area contributed by atoms with Crippen molar-refractivity contribution in [2.24, 2.45) is 0 Å². The zero-order valence-corrected chi connectivity index (χ0v) is 19.8. The summed E-state index contributed by atoms with van der Waals surface area (Å²) in [6.45, 7) is 7.15. The van der Waals surface area contributed by atoms with E-state index in [-0.39, 0.29) is 36.6 Å². The molecular weight excluding hydrogens is 433 g/mol. The van der Waals surface area contributed by atoms with Gasteiger partial charge in [0.15, 0.2) is 0 Å². The van der Waals surface area contributed by atoms with E-state index in [1.54, 1.807) is 25.1 Å². The molecule has 34 heavy (non-hydrogen) atoms. The number of hydrogen-bond donors (Lipinski definition) is 1.